The molecule has 11 heavy (non-hydrogen) atoms. The van der Waals surface area contributed by atoms with E-state index in [2.05, 4.69) is 5.32 Å². The highest BCUT2D eigenvalue weighted by Crippen LogP contribution is 2.20. The van der Waals surface area contributed by atoms with Crippen LogP contribution in [0.1, 0.15) is 17.7 Å². The maximum atomic E-state index is 12.5. The fourth-order valence-electron chi connectivity index (χ4n) is 0.979. The number of hydrogen-bond donors (Lipinski definition) is 1. The predicted molar refractivity (Wildman–Crippen MR) is 44.1 cm³/mol. The highest BCUT2D eigenvalue weighted by molar-refractivity contribution is 7.10. The van der Waals surface area contributed by atoms with Gasteiger partial charge in [-0.05, 0) is 25.0 Å². The summed E-state index contributed by atoms with van der Waals surface area (Å²) in [5.41, 5.74) is 0. The molecule has 1 heterocycles. The van der Waals surface area contributed by atoms with Crippen LogP contribution >= 0.6 is 11.3 Å². The minimum atomic E-state index is -0.0856. The molecule has 0 radical (unpaired) electrons. The van der Waals surface area contributed by atoms with Crippen LogP contribution in [0.15, 0.2) is 12.1 Å². The Hall–Kier alpha value is -0.410. The molecular weight excluding hydrogens is 161 g/mol. The van der Waals surface area contributed by atoms with Gasteiger partial charge in [-0.15, -0.1) is 11.3 Å². The van der Waals surface area contributed by atoms with E-state index in [1.54, 1.807) is 0 Å². The van der Waals surface area contributed by atoms with Crippen molar-refractivity contribution >= 4 is 11.3 Å². The molecule has 0 unspecified atom stereocenters. The smallest absolute Gasteiger partial charge is 0.176 e. The lowest BCUT2D eigenvalue weighted by Crippen LogP contribution is -2.14. The Morgan fingerprint density at radius 3 is 2.91 bits per heavy atom. The lowest BCUT2D eigenvalue weighted by atomic mass is 10.4. The quantitative estimate of drug-likeness (QED) is 0.734. The van der Waals surface area contributed by atoms with Gasteiger partial charge in [0.1, 0.15) is 0 Å². The van der Waals surface area contributed by atoms with Crippen LogP contribution in [0, 0.1) is 5.13 Å². The van der Waals surface area contributed by atoms with Gasteiger partial charge in [-0.1, -0.05) is 0 Å². The van der Waals surface area contributed by atoms with Gasteiger partial charge in [0.05, 0.1) is 0 Å². The summed E-state index contributed by atoms with van der Waals surface area (Å²) in [7, 11) is 0. The first-order chi connectivity index (χ1) is 5.34. The van der Waals surface area contributed by atoms with Gasteiger partial charge in [0.15, 0.2) is 5.13 Å². The van der Waals surface area contributed by atoms with Gasteiger partial charge in [0, 0.05) is 17.5 Å². The summed E-state index contributed by atoms with van der Waals surface area (Å²) >= 11 is 1.23. The molecule has 0 spiro atoms. The molecule has 1 saturated carbocycles. The largest absolute Gasteiger partial charge is 0.309 e. The van der Waals surface area contributed by atoms with Gasteiger partial charge in [-0.25, -0.2) is 0 Å². The number of halogens is 1. The van der Waals surface area contributed by atoms with Crippen molar-refractivity contribution in [3.05, 3.63) is 22.1 Å². The van der Waals surface area contributed by atoms with Crippen molar-refractivity contribution in [1.82, 2.24) is 5.32 Å². The van der Waals surface area contributed by atoms with Crippen LogP contribution in [0.2, 0.25) is 0 Å². The van der Waals surface area contributed by atoms with E-state index in [-0.39, 0.29) is 5.13 Å². The minimum Gasteiger partial charge on any atom is -0.309 e. The molecule has 1 nitrogen and oxygen atoms in total. The van der Waals surface area contributed by atoms with Crippen molar-refractivity contribution in [3.8, 4) is 0 Å². The summed E-state index contributed by atoms with van der Waals surface area (Å²) in [6.07, 6.45) is 2.57. The fraction of sp³-hybridized carbons (Fsp3) is 0.500. The first-order valence-corrected chi connectivity index (χ1v) is 4.64. The molecule has 1 aliphatic rings. The Morgan fingerprint density at radius 2 is 2.36 bits per heavy atom. The molecule has 1 fully saturated rings. The summed E-state index contributed by atoms with van der Waals surface area (Å²) in [6.45, 7) is 0.833. The Bertz CT molecular complexity index is 242. The maximum Gasteiger partial charge on any atom is 0.176 e. The third-order valence-electron chi connectivity index (χ3n) is 1.77. The van der Waals surface area contributed by atoms with E-state index >= 15 is 0 Å². The van der Waals surface area contributed by atoms with E-state index in [4.69, 9.17) is 0 Å². The molecule has 1 N–H and O–H groups in total. The molecule has 3 heteroatoms. The lowest BCUT2D eigenvalue weighted by Gasteiger charge is -1.96. The highest BCUT2D eigenvalue weighted by atomic mass is 32.1. The Morgan fingerprint density at radius 1 is 1.55 bits per heavy atom. The molecule has 1 aromatic heterocycles. The van der Waals surface area contributed by atoms with Gasteiger partial charge in [0.2, 0.25) is 0 Å². The van der Waals surface area contributed by atoms with E-state index in [9.17, 15) is 4.39 Å². The zero-order valence-electron chi connectivity index (χ0n) is 6.14. The third-order valence-corrected chi connectivity index (χ3v) is 2.64. The molecule has 0 aromatic carbocycles. The summed E-state index contributed by atoms with van der Waals surface area (Å²) in [4.78, 5) is 1.09. The molecule has 2 rings (SSSR count). The van der Waals surface area contributed by atoms with Gasteiger partial charge in [0.25, 0.3) is 0 Å². The number of nitrogens with one attached hydrogen (secondary N) is 1. The zero-order valence-corrected chi connectivity index (χ0v) is 6.96. The molecule has 0 atom stereocenters. The molecule has 0 bridgehead atoms. The maximum absolute atomic E-state index is 12.5. The van der Waals surface area contributed by atoms with Crippen LogP contribution < -0.4 is 5.32 Å². The van der Waals surface area contributed by atoms with Gasteiger partial charge in [-0.3, -0.25) is 0 Å². The molecule has 0 saturated heterocycles. The topological polar surface area (TPSA) is 12.0 Å². The van der Waals surface area contributed by atoms with Crippen molar-refractivity contribution in [2.45, 2.75) is 25.4 Å². The van der Waals surface area contributed by atoms with Crippen LogP contribution in [0.25, 0.3) is 0 Å². The van der Waals surface area contributed by atoms with E-state index < -0.39 is 0 Å². The molecule has 0 amide bonds. The number of rotatable bonds is 3. The van der Waals surface area contributed by atoms with Crippen LogP contribution in [0.4, 0.5) is 4.39 Å². The average Bonchev–Trinajstić information content (AvgIpc) is 2.72. The molecular formula is C8H10FNS. The van der Waals surface area contributed by atoms with Crippen LogP contribution in [0.5, 0.6) is 0 Å². The molecule has 1 aromatic rings. The summed E-state index contributed by atoms with van der Waals surface area (Å²) in [5, 5.41) is 3.24. The average molecular weight is 171 g/mol. The Labute approximate surface area is 69.2 Å². The monoisotopic (exact) mass is 171 g/mol. The Kier molecular flexibility index (Phi) is 1.92. The second-order valence-electron chi connectivity index (χ2n) is 2.86. The van der Waals surface area contributed by atoms with Crippen LogP contribution in [-0.2, 0) is 6.54 Å². The van der Waals surface area contributed by atoms with Gasteiger partial charge < -0.3 is 5.32 Å². The molecule has 0 aliphatic heterocycles. The summed E-state index contributed by atoms with van der Waals surface area (Å²) < 4.78 is 12.5. The second kappa shape index (κ2) is 2.91. The predicted octanol–water partition coefficient (Wildman–Crippen LogP) is 2.14. The number of thiophene rings is 1. The second-order valence-corrected chi connectivity index (χ2v) is 3.98. The van der Waals surface area contributed by atoms with Crippen molar-refractivity contribution in [2.75, 3.05) is 0 Å². The fourth-order valence-corrected chi connectivity index (χ4v) is 1.66. The lowest BCUT2D eigenvalue weighted by molar-refractivity contribution is 0.657. The summed E-state index contributed by atoms with van der Waals surface area (Å²) in [5.74, 6) is 0. The van der Waals surface area contributed by atoms with Gasteiger partial charge >= 0.3 is 0 Å². The molecule has 60 valence electrons. The van der Waals surface area contributed by atoms with Crippen LogP contribution in [-0.4, -0.2) is 6.04 Å². The number of hydrogen-bond acceptors (Lipinski definition) is 2. The Balaban J connectivity index is 1.85. The van der Waals surface area contributed by atoms with Crippen LogP contribution in [0.3, 0.4) is 0 Å². The van der Waals surface area contributed by atoms with Crippen molar-refractivity contribution in [1.29, 1.82) is 0 Å². The summed E-state index contributed by atoms with van der Waals surface area (Å²) in [6, 6.07) is 4.07. The molecule has 1 aliphatic carbocycles. The first kappa shape index (κ1) is 7.25. The van der Waals surface area contributed by atoms with E-state index in [1.165, 1.54) is 30.2 Å². The van der Waals surface area contributed by atoms with E-state index in [0.717, 1.165) is 11.4 Å². The van der Waals surface area contributed by atoms with E-state index in [0.29, 0.717) is 6.04 Å². The zero-order chi connectivity index (χ0) is 7.68. The van der Waals surface area contributed by atoms with Crippen molar-refractivity contribution < 1.29 is 4.39 Å². The minimum absolute atomic E-state index is 0.0856. The SMILES string of the molecule is Fc1ccc(CNC2CC2)s1. The van der Waals surface area contributed by atoms with Crippen molar-refractivity contribution in [2.24, 2.45) is 0 Å². The third kappa shape index (κ3) is 2.01. The van der Waals surface area contributed by atoms with E-state index in [1.807, 2.05) is 6.07 Å². The highest BCUT2D eigenvalue weighted by Gasteiger charge is 2.20. The normalized spacial score (nSPS) is 17.2. The van der Waals surface area contributed by atoms with Gasteiger partial charge in [-0.2, -0.15) is 4.39 Å². The first-order valence-electron chi connectivity index (χ1n) is 3.82. The van der Waals surface area contributed by atoms with Crippen molar-refractivity contribution in [3.63, 3.8) is 0 Å². The standard InChI is InChI=1S/C8H10FNS/c9-8-4-3-7(11-8)5-10-6-1-2-6/h3-4,6,10H,1-2,5H2.